The molecule has 1 aromatic heterocycles. The van der Waals surface area contributed by atoms with Crippen LogP contribution in [0.4, 0.5) is 11.4 Å². The molecule has 0 spiro atoms. The summed E-state index contributed by atoms with van der Waals surface area (Å²) in [6.45, 7) is 2.55. The third-order valence-electron chi connectivity index (χ3n) is 2.88. The molecule has 0 aliphatic heterocycles. The van der Waals surface area contributed by atoms with Crippen LogP contribution in [0.25, 0.3) is 0 Å². The van der Waals surface area contributed by atoms with Crippen molar-refractivity contribution >= 4 is 32.7 Å². The zero-order valence-corrected chi connectivity index (χ0v) is 13.5. The average Bonchev–Trinajstić information content (AvgIpc) is 2.86. The first-order valence-electron chi connectivity index (χ1n) is 6.40. The van der Waals surface area contributed by atoms with Gasteiger partial charge in [0, 0.05) is 29.7 Å². The summed E-state index contributed by atoms with van der Waals surface area (Å²) < 4.78 is 26.3. The SMILES string of the molecule is CNS(=O)(=O)c1cc(N)ccc1NCCc1nc(C)cs1. The number of aromatic nitrogens is 1. The number of hydrogen-bond donors (Lipinski definition) is 3. The van der Waals surface area contributed by atoms with Gasteiger partial charge in [0.25, 0.3) is 0 Å². The highest BCUT2D eigenvalue weighted by Gasteiger charge is 2.16. The molecule has 2 rings (SSSR count). The Kier molecular flexibility index (Phi) is 4.81. The van der Waals surface area contributed by atoms with Crippen LogP contribution in [0, 0.1) is 6.92 Å². The van der Waals surface area contributed by atoms with Crippen LogP contribution < -0.4 is 15.8 Å². The lowest BCUT2D eigenvalue weighted by molar-refractivity contribution is 0.588. The quantitative estimate of drug-likeness (QED) is 0.701. The van der Waals surface area contributed by atoms with Gasteiger partial charge in [-0.1, -0.05) is 0 Å². The molecule has 0 atom stereocenters. The van der Waals surface area contributed by atoms with Crippen molar-refractivity contribution in [2.24, 2.45) is 0 Å². The summed E-state index contributed by atoms with van der Waals surface area (Å²) in [6, 6.07) is 4.79. The first-order chi connectivity index (χ1) is 9.92. The van der Waals surface area contributed by atoms with Crippen molar-refractivity contribution in [3.63, 3.8) is 0 Å². The number of sulfonamides is 1. The van der Waals surface area contributed by atoms with E-state index in [2.05, 4.69) is 15.0 Å². The van der Waals surface area contributed by atoms with Gasteiger partial charge in [-0.15, -0.1) is 11.3 Å². The van der Waals surface area contributed by atoms with Gasteiger partial charge in [0.2, 0.25) is 10.0 Å². The van der Waals surface area contributed by atoms with Crippen LogP contribution in [0.5, 0.6) is 0 Å². The van der Waals surface area contributed by atoms with E-state index in [4.69, 9.17) is 5.73 Å². The highest BCUT2D eigenvalue weighted by molar-refractivity contribution is 7.89. The van der Waals surface area contributed by atoms with Crippen molar-refractivity contribution in [2.75, 3.05) is 24.6 Å². The molecule has 0 aliphatic rings. The molecule has 6 nitrogen and oxygen atoms in total. The van der Waals surface area contributed by atoms with Gasteiger partial charge in [-0.2, -0.15) is 0 Å². The van der Waals surface area contributed by atoms with Gasteiger partial charge >= 0.3 is 0 Å². The fourth-order valence-corrected chi connectivity index (χ4v) is 3.56. The van der Waals surface area contributed by atoms with E-state index in [-0.39, 0.29) is 4.90 Å². The maximum absolute atomic E-state index is 12.0. The maximum atomic E-state index is 12.0. The second kappa shape index (κ2) is 6.42. The van der Waals surface area contributed by atoms with E-state index in [1.807, 2.05) is 12.3 Å². The first-order valence-corrected chi connectivity index (χ1v) is 8.76. The lowest BCUT2D eigenvalue weighted by Crippen LogP contribution is -2.21. The smallest absolute Gasteiger partial charge is 0.242 e. The third-order valence-corrected chi connectivity index (χ3v) is 5.37. The predicted octanol–water partition coefficient (Wildman–Crippen LogP) is 1.60. The standard InChI is InChI=1S/C13H18N4O2S2/c1-9-8-20-13(17-9)5-6-16-11-4-3-10(14)7-12(11)21(18,19)15-2/h3-4,7-8,15-16H,5-6,14H2,1-2H3. The minimum absolute atomic E-state index is 0.153. The lowest BCUT2D eigenvalue weighted by Gasteiger charge is -2.12. The molecule has 0 unspecified atom stereocenters. The minimum atomic E-state index is -3.55. The zero-order chi connectivity index (χ0) is 15.5. The van der Waals surface area contributed by atoms with Crippen LogP contribution in [0.1, 0.15) is 10.7 Å². The minimum Gasteiger partial charge on any atom is -0.399 e. The van der Waals surface area contributed by atoms with Gasteiger partial charge in [-0.05, 0) is 32.2 Å². The van der Waals surface area contributed by atoms with E-state index in [1.165, 1.54) is 13.1 Å². The molecule has 0 saturated carbocycles. The van der Waals surface area contributed by atoms with Crippen LogP contribution >= 0.6 is 11.3 Å². The third kappa shape index (κ3) is 3.93. The van der Waals surface area contributed by atoms with Gasteiger partial charge in [-0.3, -0.25) is 0 Å². The van der Waals surface area contributed by atoms with Gasteiger partial charge < -0.3 is 11.1 Å². The van der Waals surface area contributed by atoms with E-state index in [9.17, 15) is 8.42 Å². The highest BCUT2D eigenvalue weighted by atomic mass is 32.2. The van der Waals surface area contributed by atoms with Crippen LogP contribution in [0.3, 0.4) is 0 Å². The monoisotopic (exact) mass is 326 g/mol. The summed E-state index contributed by atoms with van der Waals surface area (Å²) in [6.07, 6.45) is 0.738. The molecule has 4 N–H and O–H groups in total. The fraction of sp³-hybridized carbons (Fsp3) is 0.308. The number of benzene rings is 1. The number of anilines is 2. The Morgan fingerprint density at radius 2 is 2.14 bits per heavy atom. The molecule has 21 heavy (non-hydrogen) atoms. The normalized spacial score (nSPS) is 11.5. The average molecular weight is 326 g/mol. The van der Waals surface area contributed by atoms with Crippen LogP contribution in [0.2, 0.25) is 0 Å². The fourth-order valence-electron chi connectivity index (χ4n) is 1.84. The second-order valence-corrected chi connectivity index (χ2v) is 7.32. The molecule has 0 amide bonds. The highest BCUT2D eigenvalue weighted by Crippen LogP contribution is 2.23. The molecule has 1 heterocycles. The van der Waals surface area contributed by atoms with Crippen molar-refractivity contribution in [1.82, 2.24) is 9.71 Å². The Bertz CT molecular complexity index is 726. The van der Waals surface area contributed by atoms with E-state index in [0.717, 1.165) is 17.1 Å². The number of hydrogen-bond acceptors (Lipinski definition) is 6. The second-order valence-electron chi connectivity index (χ2n) is 4.52. The van der Waals surface area contributed by atoms with Gasteiger partial charge in [0.05, 0.1) is 10.7 Å². The van der Waals surface area contributed by atoms with Gasteiger partial charge in [0.15, 0.2) is 0 Å². The van der Waals surface area contributed by atoms with Crippen LogP contribution in [-0.2, 0) is 16.4 Å². The topological polar surface area (TPSA) is 97.1 Å². The number of nitrogen functional groups attached to an aromatic ring is 1. The number of aryl methyl sites for hydroxylation is 1. The molecule has 114 valence electrons. The van der Waals surface area contributed by atoms with Crippen molar-refractivity contribution < 1.29 is 8.42 Å². The summed E-state index contributed by atoms with van der Waals surface area (Å²) in [5, 5.41) is 6.15. The first kappa shape index (κ1) is 15.7. The molecule has 0 fully saturated rings. The van der Waals surface area contributed by atoms with Crippen molar-refractivity contribution in [3.8, 4) is 0 Å². The summed E-state index contributed by atoms with van der Waals surface area (Å²) in [5.74, 6) is 0. The van der Waals surface area contributed by atoms with Crippen LogP contribution in [-0.4, -0.2) is 27.0 Å². The Balaban J connectivity index is 2.13. The van der Waals surface area contributed by atoms with E-state index < -0.39 is 10.0 Å². The number of nitrogens with zero attached hydrogens (tertiary/aromatic N) is 1. The molecule has 0 bridgehead atoms. The molecule has 0 aliphatic carbocycles. The zero-order valence-electron chi connectivity index (χ0n) is 11.9. The Morgan fingerprint density at radius 1 is 1.38 bits per heavy atom. The molecule has 8 heteroatoms. The summed E-state index contributed by atoms with van der Waals surface area (Å²) in [7, 11) is -2.17. The lowest BCUT2D eigenvalue weighted by atomic mass is 10.3. The van der Waals surface area contributed by atoms with E-state index in [1.54, 1.807) is 23.5 Å². The molecule has 2 aromatic rings. The number of nitrogens with two attached hydrogens (primary N) is 1. The molecule has 0 radical (unpaired) electrons. The Hall–Kier alpha value is -1.64. The Morgan fingerprint density at radius 3 is 2.76 bits per heavy atom. The number of nitrogens with one attached hydrogen (secondary N) is 2. The van der Waals surface area contributed by atoms with Gasteiger partial charge in [-0.25, -0.2) is 18.1 Å². The Labute approximate surface area is 128 Å². The number of thiazole rings is 1. The molecular formula is C13H18N4O2S2. The van der Waals surface area contributed by atoms with Crippen LogP contribution in [0.15, 0.2) is 28.5 Å². The molecule has 0 saturated heterocycles. The van der Waals surface area contributed by atoms with Crippen molar-refractivity contribution in [1.29, 1.82) is 0 Å². The maximum Gasteiger partial charge on any atom is 0.242 e. The van der Waals surface area contributed by atoms with E-state index >= 15 is 0 Å². The van der Waals surface area contributed by atoms with Gasteiger partial charge in [0.1, 0.15) is 4.90 Å². The van der Waals surface area contributed by atoms with Crippen molar-refractivity contribution in [3.05, 3.63) is 34.3 Å². The summed E-state index contributed by atoms with van der Waals surface area (Å²) in [4.78, 5) is 4.52. The summed E-state index contributed by atoms with van der Waals surface area (Å²) >= 11 is 1.60. The molecule has 1 aromatic carbocycles. The molecular weight excluding hydrogens is 308 g/mol. The number of rotatable bonds is 6. The summed E-state index contributed by atoms with van der Waals surface area (Å²) in [5.41, 5.74) is 7.62. The van der Waals surface area contributed by atoms with Crippen molar-refractivity contribution in [2.45, 2.75) is 18.2 Å². The largest absolute Gasteiger partial charge is 0.399 e. The van der Waals surface area contributed by atoms with E-state index in [0.29, 0.717) is 17.9 Å². The predicted molar refractivity (Wildman–Crippen MR) is 86.1 cm³/mol.